The molecule has 1 aromatic heterocycles. The van der Waals surface area contributed by atoms with E-state index in [1.165, 1.54) is 0 Å². The number of rotatable bonds is 3. The van der Waals surface area contributed by atoms with E-state index in [-0.39, 0.29) is 12.1 Å². The second-order valence-electron chi connectivity index (χ2n) is 5.86. The molecule has 2 N–H and O–H groups in total. The summed E-state index contributed by atoms with van der Waals surface area (Å²) in [6.07, 6.45) is 1.77. The van der Waals surface area contributed by atoms with Crippen molar-refractivity contribution in [3.8, 4) is 0 Å². The molecule has 1 aliphatic rings. The summed E-state index contributed by atoms with van der Waals surface area (Å²) in [7, 11) is 0. The zero-order valence-corrected chi connectivity index (χ0v) is 14.4. The van der Waals surface area contributed by atoms with Crippen LogP contribution in [0.3, 0.4) is 0 Å². The predicted molar refractivity (Wildman–Crippen MR) is 92.0 cm³/mol. The lowest BCUT2D eigenvalue weighted by Gasteiger charge is -2.15. The summed E-state index contributed by atoms with van der Waals surface area (Å²) in [5, 5.41) is 11.2. The number of carbonyl (C=O) groups excluding carboxylic acids is 1. The molecule has 1 heterocycles. The lowest BCUT2D eigenvalue weighted by molar-refractivity contribution is 0.248. The molecular formula is C17H21ClN4O. The molecule has 122 valence electrons. The first-order valence-electron chi connectivity index (χ1n) is 7.90. The number of halogens is 1. The highest BCUT2D eigenvalue weighted by atomic mass is 35.5. The minimum absolute atomic E-state index is 0.00512. The molecule has 0 aliphatic heterocycles. The average Bonchev–Trinajstić information content (AvgIpc) is 3.04. The van der Waals surface area contributed by atoms with Gasteiger partial charge in [0.2, 0.25) is 0 Å². The molecule has 0 radical (unpaired) electrons. The molecule has 2 aromatic rings. The van der Waals surface area contributed by atoms with Crippen LogP contribution in [0.5, 0.6) is 0 Å². The van der Waals surface area contributed by atoms with Crippen molar-refractivity contribution in [1.82, 2.24) is 15.1 Å². The highest BCUT2D eigenvalue weighted by Crippen LogP contribution is 2.35. The van der Waals surface area contributed by atoms with Gasteiger partial charge in [0, 0.05) is 11.6 Å². The molecule has 0 fully saturated rings. The Morgan fingerprint density at radius 1 is 1.43 bits per heavy atom. The lowest BCUT2D eigenvalue weighted by Crippen LogP contribution is -2.31. The third kappa shape index (κ3) is 2.93. The van der Waals surface area contributed by atoms with E-state index < -0.39 is 0 Å². The standard InChI is InChI=1S/C17H21ClN4O/c1-4-22-11(3)16(10(2)21-22)20-17(23)19-15-9-8-12-13(15)6-5-7-14(12)18/h5-7,15H,4,8-9H2,1-3H3,(H2,19,20,23). The van der Waals surface area contributed by atoms with Crippen molar-refractivity contribution in [2.45, 2.75) is 46.2 Å². The van der Waals surface area contributed by atoms with E-state index in [1.54, 1.807) is 0 Å². The number of hydrogen-bond acceptors (Lipinski definition) is 2. The minimum Gasteiger partial charge on any atom is -0.331 e. The lowest BCUT2D eigenvalue weighted by atomic mass is 10.1. The number of aryl methyl sites for hydroxylation is 2. The van der Waals surface area contributed by atoms with Crippen molar-refractivity contribution in [1.29, 1.82) is 0 Å². The third-order valence-electron chi connectivity index (χ3n) is 4.44. The van der Waals surface area contributed by atoms with Gasteiger partial charge in [-0.25, -0.2) is 4.79 Å². The first kappa shape index (κ1) is 15.9. The van der Waals surface area contributed by atoms with E-state index in [0.29, 0.717) is 0 Å². The molecule has 23 heavy (non-hydrogen) atoms. The van der Waals surface area contributed by atoms with Gasteiger partial charge < -0.3 is 10.6 Å². The third-order valence-corrected chi connectivity index (χ3v) is 4.79. The van der Waals surface area contributed by atoms with Crippen molar-refractivity contribution in [2.24, 2.45) is 0 Å². The first-order valence-corrected chi connectivity index (χ1v) is 8.27. The summed E-state index contributed by atoms with van der Waals surface area (Å²) >= 11 is 6.22. The van der Waals surface area contributed by atoms with E-state index in [4.69, 9.17) is 11.6 Å². The van der Waals surface area contributed by atoms with Crippen LogP contribution in [0.15, 0.2) is 18.2 Å². The quantitative estimate of drug-likeness (QED) is 0.893. The molecule has 1 unspecified atom stereocenters. The Labute approximate surface area is 141 Å². The second-order valence-corrected chi connectivity index (χ2v) is 6.27. The van der Waals surface area contributed by atoms with Gasteiger partial charge in [0.1, 0.15) is 0 Å². The Kier molecular flexibility index (Phi) is 4.31. The van der Waals surface area contributed by atoms with E-state index in [1.807, 2.05) is 43.7 Å². The van der Waals surface area contributed by atoms with Gasteiger partial charge in [-0.3, -0.25) is 4.68 Å². The van der Waals surface area contributed by atoms with Crippen LogP contribution in [0, 0.1) is 13.8 Å². The van der Waals surface area contributed by atoms with Crippen molar-refractivity contribution < 1.29 is 4.79 Å². The number of anilines is 1. The van der Waals surface area contributed by atoms with Crippen LogP contribution >= 0.6 is 11.6 Å². The molecule has 2 amide bonds. The summed E-state index contributed by atoms with van der Waals surface area (Å²) in [6, 6.07) is 5.66. The van der Waals surface area contributed by atoms with Gasteiger partial charge >= 0.3 is 6.03 Å². The summed E-state index contributed by atoms with van der Waals surface area (Å²) in [4.78, 5) is 12.4. The van der Waals surface area contributed by atoms with Gasteiger partial charge in [0.25, 0.3) is 0 Å². The van der Waals surface area contributed by atoms with Gasteiger partial charge in [-0.15, -0.1) is 0 Å². The van der Waals surface area contributed by atoms with Gasteiger partial charge in [0.05, 0.1) is 23.1 Å². The van der Waals surface area contributed by atoms with Crippen LogP contribution < -0.4 is 10.6 Å². The van der Waals surface area contributed by atoms with Gasteiger partial charge in [-0.2, -0.15) is 5.10 Å². The summed E-state index contributed by atoms with van der Waals surface area (Å²) < 4.78 is 1.88. The Bertz CT molecular complexity index is 753. The Balaban J connectivity index is 1.73. The van der Waals surface area contributed by atoms with Crippen molar-refractivity contribution in [3.63, 3.8) is 0 Å². The zero-order chi connectivity index (χ0) is 16.6. The van der Waals surface area contributed by atoms with Crippen LogP contribution in [0.4, 0.5) is 10.5 Å². The Morgan fingerprint density at radius 2 is 2.22 bits per heavy atom. The van der Waals surface area contributed by atoms with Crippen LogP contribution in [0.1, 0.15) is 41.9 Å². The van der Waals surface area contributed by atoms with Crippen LogP contribution in [0.2, 0.25) is 5.02 Å². The normalized spacial score (nSPS) is 16.3. The molecule has 5 nitrogen and oxygen atoms in total. The molecule has 0 bridgehead atoms. The largest absolute Gasteiger partial charge is 0.331 e. The van der Waals surface area contributed by atoms with E-state index in [2.05, 4.69) is 15.7 Å². The van der Waals surface area contributed by atoms with E-state index in [9.17, 15) is 4.79 Å². The molecule has 1 atom stereocenters. The molecular weight excluding hydrogens is 312 g/mol. The van der Waals surface area contributed by atoms with Gasteiger partial charge in [0.15, 0.2) is 0 Å². The average molecular weight is 333 g/mol. The van der Waals surface area contributed by atoms with Crippen molar-refractivity contribution in [2.75, 3.05) is 5.32 Å². The number of aromatic nitrogens is 2. The summed E-state index contributed by atoms with van der Waals surface area (Å²) in [5.74, 6) is 0. The van der Waals surface area contributed by atoms with Gasteiger partial charge in [-0.1, -0.05) is 23.7 Å². The number of nitrogens with zero attached hydrogens (tertiary/aromatic N) is 2. The maximum atomic E-state index is 12.4. The molecule has 0 saturated heterocycles. The maximum Gasteiger partial charge on any atom is 0.319 e. The summed E-state index contributed by atoms with van der Waals surface area (Å²) in [6.45, 7) is 6.68. The maximum absolute atomic E-state index is 12.4. The van der Waals surface area contributed by atoms with Crippen LogP contribution in [0.25, 0.3) is 0 Å². The molecule has 1 aromatic carbocycles. The monoisotopic (exact) mass is 332 g/mol. The first-order chi connectivity index (χ1) is 11.0. The SMILES string of the molecule is CCn1nc(C)c(NC(=O)NC2CCc3c(Cl)cccc32)c1C. The number of benzene rings is 1. The fourth-order valence-corrected chi connectivity index (χ4v) is 3.53. The smallest absolute Gasteiger partial charge is 0.319 e. The predicted octanol–water partition coefficient (Wildman–Crippen LogP) is 3.98. The Hall–Kier alpha value is -2.01. The summed E-state index contributed by atoms with van der Waals surface area (Å²) in [5.41, 5.74) is 4.84. The highest BCUT2D eigenvalue weighted by molar-refractivity contribution is 6.31. The fourth-order valence-electron chi connectivity index (χ4n) is 3.25. The van der Waals surface area contributed by atoms with E-state index >= 15 is 0 Å². The number of nitrogens with one attached hydrogen (secondary N) is 2. The molecule has 1 aliphatic carbocycles. The van der Waals surface area contributed by atoms with E-state index in [0.717, 1.165) is 52.6 Å². The van der Waals surface area contributed by atoms with Crippen LogP contribution in [-0.4, -0.2) is 15.8 Å². The number of carbonyl (C=O) groups is 1. The molecule has 0 spiro atoms. The zero-order valence-electron chi connectivity index (χ0n) is 13.6. The minimum atomic E-state index is -0.204. The number of fused-ring (bicyclic) bond motifs is 1. The Morgan fingerprint density at radius 3 is 2.91 bits per heavy atom. The molecule has 3 rings (SSSR count). The number of hydrogen-bond donors (Lipinski definition) is 2. The van der Waals surface area contributed by atoms with Crippen molar-refractivity contribution >= 4 is 23.3 Å². The molecule has 0 saturated carbocycles. The number of amides is 2. The molecule has 6 heteroatoms. The second kappa shape index (κ2) is 6.24. The highest BCUT2D eigenvalue weighted by Gasteiger charge is 2.26. The van der Waals surface area contributed by atoms with Crippen molar-refractivity contribution in [3.05, 3.63) is 45.7 Å². The topological polar surface area (TPSA) is 59.0 Å². The van der Waals surface area contributed by atoms with Crippen LogP contribution in [-0.2, 0) is 13.0 Å². The number of urea groups is 1. The van der Waals surface area contributed by atoms with Gasteiger partial charge in [-0.05, 0) is 50.8 Å². The fraction of sp³-hybridized carbons (Fsp3) is 0.412.